The first-order chi connectivity index (χ1) is 9.94. The molecule has 0 heterocycles. The lowest BCUT2D eigenvalue weighted by Gasteiger charge is -2.33. The van der Waals surface area contributed by atoms with Crippen LogP contribution in [0.25, 0.3) is 0 Å². The monoisotopic (exact) mass is 290 g/mol. The molecule has 2 rings (SSSR count). The van der Waals surface area contributed by atoms with E-state index in [1.807, 2.05) is 12.1 Å². The third kappa shape index (κ3) is 4.00. The van der Waals surface area contributed by atoms with Crippen LogP contribution >= 0.6 is 0 Å². The number of hydrogen-bond donors (Lipinski definition) is 2. The summed E-state index contributed by atoms with van der Waals surface area (Å²) < 4.78 is 0. The van der Waals surface area contributed by atoms with Crippen molar-refractivity contribution < 1.29 is 10.2 Å². The highest BCUT2D eigenvalue weighted by atomic mass is 16.3. The lowest BCUT2D eigenvalue weighted by atomic mass is 9.74. The van der Waals surface area contributed by atoms with Crippen LogP contribution in [-0.4, -0.2) is 16.3 Å². The van der Waals surface area contributed by atoms with Gasteiger partial charge in [-0.05, 0) is 73.1 Å². The normalized spacial score (nSPS) is 20.1. The number of aromatic hydroxyl groups is 1. The van der Waals surface area contributed by atoms with E-state index in [4.69, 9.17) is 0 Å². The molecule has 1 aliphatic rings. The molecule has 0 amide bonds. The predicted octanol–water partition coefficient (Wildman–Crippen LogP) is 4.78. The second-order valence-electron chi connectivity index (χ2n) is 7.30. The molecule has 0 spiro atoms. The van der Waals surface area contributed by atoms with E-state index in [1.54, 1.807) is 0 Å². The minimum Gasteiger partial charge on any atom is -0.508 e. The number of phenolic OH excluding ortho intramolecular Hbond substituents is 1. The second-order valence-corrected chi connectivity index (χ2v) is 7.30. The van der Waals surface area contributed by atoms with Gasteiger partial charge < -0.3 is 10.2 Å². The molecule has 0 aromatic heterocycles. The second kappa shape index (κ2) is 6.83. The summed E-state index contributed by atoms with van der Waals surface area (Å²) in [5.74, 6) is 0.968. The van der Waals surface area contributed by atoms with Gasteiger partial charge >= 0.3 is 0 Å². The first-order valence-electron chi connectivity index (χ1n) is 8.44. The number of fused-ring (bicyclic) bond motifs is 1. The van der Waals surface area contributed by atoms with Gasteiger partial charge in [-0.2, -0.15) is 0 Å². The lowest BCUT2D eigenvalue weighted by molar-refractivity contribution is 0.0337. The smallest absolute Gasteiger partial charge is 0.115 e. The first kappa shape index (κ1) is 16.4. The molecule has 2 nitrogen and oxygen atoms in total. The fourth-order valence-corrected chi connectivity index (χ4v) is 3.58. The summed E-state index contributed by atoms with van der Waals surface area (Å²) in [5, 5.41) is 19.9. The van der Waals surface area contributed by atoms with Gasteiger partial charge in [-0.1, -0.05) is 33.3 Å². The van der Waals surface area contributed by atoms with Crippen LogP contribution in [0.15, 0.2) is 18.2 Å². The van der Waals surface area contributed by atoms with Crippen molar-refractivity contribution in [2.45, 2.75) is 77.7 Å². The number of aliphatic hydroxyl groups excluding tert-OH is 1. The molecule has 118 valence electrons. The van der Waals surface area contributed by atoms with E-state index in [0.717, 1.165) is 32.1 Å². The van der Waals surface area contributed by atoms with Crippen LogP contribution in [0.2, 0.25) is 0 Å². The van der Waals surface area contributed by atoms with Crippen LogP contribution in [0.5, 0.6) is 5.75 Å². The van der Waals surface area contributed by atoms with E-state index in [9.17, 15) is 10.2 Å². The van der Waals surface area contributed by atoms with Gasteiger partial charge in [-0.3, -0.25) is 0 Å². The highest BCUT2D eigenvalue weighted by Crippen LogP contribution is 2.40. The maximum atomic E-state index is 10.3. The Labute approximate surface area is 129 Å². The van der Waals surface area contributed by atoms with Crippen molar-refractivity contribution in [1.82, 2.24) is 0 Å². The van der Waals surface area contributed by atoms with Crippen molar-refractivity contribution in [2.75, 3.05) is 0 Å². The number of hydrogen-bond acceptors (Lipinski definition) is 2. The summed E-state index contributed by atoms with van der Waals surface area (Å²) in [7, 11) is 0. The molecule has 1 aliphatic carbocycles. The van der Waals surface area contributed by atoms with Crippen LogP contribution in [0.1, 0.15) is 76.3 Å². The minimum absolute atomic E-state index is 0.00939. The number of aryl methyl sites for hydroxylation is 1. The van der Waals surface area contributed by atoms with Gasteiger partial charge in [-0.15, -0.1) is 0 Å². The van der Waals surface area contributed by atoms with Gasteiger partial charge in [0.25, 0.3) is 0 Å². The van der Waals surface area contributed by atoms with E-state index < -0.39 is 0 Å². The summed E-state index contributed by atoms with van der Waals surface area (Å²) in [4.78, 5) is 0. The molecule has 0 radical (unpaired) electrons. The average Bonchev–Trinajstić information content (AvgIpc) is 2.45. The molecular formula is C19H30O2. The molecule has 21 heavy (non-hydrogen) atoms. The molecule has 0 aliphatic heterocycles. The van der Waals surface area contributed by atoms with Crippen LogP contribution in [-0.2, 0) is 6.42 Å². The zero-order valence-corrected chi connectivity index (χ0v) is 13.7. The Kier molecular flexibility index (Phi) is 5.32. The highest BCUT2D eigenvalue weighted by Gasteiger charge is 2.29. The highest BCUT2D eigenvalue weighted by molar-refractivity contribution is 5.38. The van der Waals surface area contributed by atoms with E-state index in [0.29, 0.717) is 11.7 Å². The Hall–Kier alpha value is -1.02. The summed E-state index contributed by atoms with van der Waals surface area (Å²) in [5.41, 5.74) is 2.72. The molecule has 0 saturated carbocycles. The number of aliphatic hydroxyl groups is 1. The predicted molar refractivity (Wildman–Crippen MR) is 87.7 cm³/mol. The van der Waals surface area contributed by atoms with Crippen molar-refractivity contribution in [3.05, 3.63) is 29.3 Å². The third-order valence-electron chi connectivity index (χ3n) is 5.17. The van der Waals surface area contributed by atoms with Gasteiger partial charge in [0.2, 0.25) is 0 Å². The fraction of sp³-hybridized carbons (Fsp3) is 0.684. The number of phenols is 1. The molecule has 0 bridgehead atoms. The summed E-state index contributed by atoms with van der Waals surface area (Å²) in [6, 6.07) is 5.84. The lowest BCUT2D eigenvalue weighted by Crippen LogP contribution is -2.29. The molecule has 1 aromatic rings. The molecule has 2 atom stereocenters. The van der Waals surface area contributed by atoms with E-state index in [2.05, 4.69) is 26.8 Å². The largest absolute Gasteiger partial charge is 0.508 e. The maximum absolute atomic E-state index is 10.3. The zero-order chi connectivity index (χ0) is 15.5. The van der Waals surface area contributed by atoms with Crippen molar-refractivity contribution in [2.24, 2.45) is 5.41 Å². The molecule has 2 N–H and O–H groups in total. The summed E-state index contributed by atoms with van der Waals surface area (Å²) in [6.45, 7) is 6.50. The van der Waals surface area contributed by atoms with Crippen molar-refractivity contribution in [1.29, 1.82) is 0 Å². The van der Waals surface area contributed by atoms with E-state index in [1.165, 1.54) is 24.0 Å². The number of rotatable bonds is 6. The van der Waals surface area contributed by atoms with E-state index in [-0.39, 0.29) is 11.5 Å². The summed E-state index contributed by atoms with van der Waals surface area (Å²) in [6.07, 6.45) is 7.44. The Morgan fingerprint density at radius 3 is 2.81 bits per heavy atom. The average molecular weight is 290 g/mol. The van der Waals surface area contributed by atoms with Gasteiger partial charge in [0, 0.05) is 0 Å². The zero-order valence-electron chi connectivity index (χ0n) is 13.7. The van der Waals surface area contributed by atoms with Gasteiger partial charge in [0.1, 0.15) is 5.75 Å². The molecule has 2 unspecified atom stereocenters. The molecular weight excluding hydrogens is 260 g/mol. The number of benzene rings is 1. The Bertz CT molecular complexity index is 465. The molecule has 0 saturated heterocycles. The Morgan fingerprint density at radius 2 is 2.10 bits per heavy atom. The van der Waals surface area contributed by atoms with Gasteiger partial charge in [0.15, 0.2) is 0 Å². The van der Waals surface area contributed by atoms with E-state index >= 15 is 0 Å². The van der Waals surface area contributed by atoms with Crippen LogP contribution in [0, 0.1) is 5.41 Å². The van der Waals surface area contributed by atoms with Crippen molar-refractivity contribution in [3.8, 4) is 5.75 Å². The minimum atomic E-state index is -0.203. The Balaban J connectivity index is 2.02. The molecule has 1 aromatic carbocycles. The van der Waals surface area contributed by atoms with Crippen LogP contribution in [0.4, 0.5) is 0 Å². The van der Waals surface area contributed by atoms with Crippen molar-refractivity contribution in [3.63, 3.8) is 0 Å². The topological polar surface area (TPSA) is 40.5 Å². The van der Waals surface area contributed by atoms with Crippen LogP contribution in [0.3, 0.4) is 0 Å². The van der Waals surface area contributed by atoms with Gasteiger partial charge in [0.05, 0.1) is 6.10 Å². The third-order valence-corrected chi connectivity index (χ3v) is 5.17. The summed E-state index contributed by atoms with van der Waals surface area (Å²) >= 11 is 0. The SMILES string of the molecule is CCCC(O)C(C)(C)CCC1CCCc2cc(O)ccc21. The maximum Gasteiger partial charge on any atom is 0.115 e. The van der Waals surface area contributed by atoms with Crippen molar-refractivity contribution >= 4 is 0 Å². The first-order valence-corrected chi connectivity index (χ1v) is 8.44. The Morgan fingerprint density at radius 1 is 1.33 bits per heavy atom. The van der Waals surface area contributed by atoms with Gasteiger partial charge in [-0.25, -0.2) is 0 Å². The molecule has 0 fully saturated rings. The molecule has 2 heteroatoms. The fourth-order valence-electron chi connectivity index (χ4n) is 3.58. The standard InChI is InChI=1S/C19H30O2/c1-4-6-18(21)19(2,3)12-11-14-7-5-8-15-13-16(20)9-10-17(14)15/h9-10,13-14,18,20-21H,4-8,11-12H2,1-3H3. The van der Waals surface area contributed by atoms with Crippen LogP contribution < -0.4 is 0 Å². The quantitative estimate of drug-likeness (QED) is 0.791.